The molecule has 2 unspecified atom stereocenters. The molecule has 0 bridgehead atoms. The van der Waals surface area contributed by atoms with Crippen molar-refractivity contribution in [2.75, 3.05) is 19.6 Å². The van der Waals surface area contributed by atoms with Crippen molar-refractivity contribution in [1.82, 2.24) is 10.2 Å². The van der Waals surface area contributed by atoms with Crippen LogP contribution in [0.3, 0.4) is 0 Å². The van der Waals surface area contributed by atoms with E-state index in [9.17, 15) is 4.79 Å². The number of carbonyl (C=O) groups is 1. The van der Waals surface area contributed by atoms with Crippen LogP contribution in [0, 0.1) is 5.92 Å². The van der Waals surface area contributed by atoms with Crippen molar-refractivity contribution in [1.29, 1.82) is 0 Å². The number of rotatable bonds is 4. The van der Waals surface area contributed by atoms with Gasteiger partial charge in [-0.05, 0) is 25.8 Å². The van der Waals surface area contributed by atoms with E-state index in [1.165, 1.54) is 0 Å². The second-order valence-corrected chi connectivity index (χ2v) is 5.23. The average molecular weight is 228 g/mol. The van der Waals surface area contributed by atoms with E-state index in [0.29, 0.717) is 12.0 Å². The molecule has 0 saturated carbocycles. The summed E-state index contributed by atoms with van der Waals surface area (Å²) >= 11 is 0. The minimum Gasteiger partial charge on any atom is -0.481 e. The molecular formula is C12H24N2O2. The zero-order valence-electron chi connectivity index (χ0n) is 10.6. The van der Waals surface area contributed by atoms with Crippen molar-refractivity contribution in [3.63, 3.8) is 0 Å². The maximum Gasteiger partial charge on any atom is 0.304 e. The van der Waals surface area contributed by atoms with Crippen LogP contribution in [-0.2, 0) is 4.79 Å². The summed E-state index contributed by atoms with van der Waals surface area (Å²) in [5.74, 6) is -0.0809. The molecule has 1 aliphatic rings. The summed E-state index contributed by atoms with van der Waals surface area (Å²) in [7, 11) is 0. The Balaban J connectivity index is 2.54. The first kappa shape index (κ1) is 13.5. The Bertz CT molecular complexity index is 231. The normalized spacial score (nSPS) is 28.0. The number of nitrogens with one attached hydrogen (secondary N) is 1. The van der Waals surface area contributed by atoms with E-state index in [-0.39, 0.29) is 12.5 Å². The summed E-state index contributed by atoms with van der Waals surface area (Å²) < 4.78 is 0. The maximum atomic E-state index is 10.7. The SMILES string of the molecule is CC(C)CN1CC(CC(=O)O)NCCC1C. The van der Waals surface area contributed by atoms with Gasteiger partial charge < -0.3 is 10.4 Å². The quantitative estimate of drug-likeness (QED) is 0.758. The van der Waals surface area contributed by atoms with Crippen LogP contribution in [0.5, 0.6) is 0 Å². The first-order valence-electron chi connectivity index (χ1n) is 6.18. The van der Waals surface area contributed by atoms with Gasteiger partial charge in [-0.2, -0.15) is 0 Å². The molecule has 4 heteroatoms. The number of aliphatic carboxylic acids is 1. The molecule has 16 heavy (non-hydrogen) atoms. The third-order valence-electron chi connectivity index (χ3n) is 3.09. The Kier molecular flexibility index (Phi) is 5.22. The summed E-state index contributed by atoms with van der Waals surface area (Å²) in [6.07, 6.45) is 1.32. The minimum absolute atomic E-state index is 0.0983. The Hall–Kier alpha value is -0.610. The topological polar surface area (TPSA) is 52.6 Å². The second-order valence-electron chi connectivity index (χ2n) is 5.23. The molecule has 2 atom stereocenters. The van der Waals surface area contributed by atoms with Crippen LogP contribution in [0.25, 0.3) is 0 Å². The van der Waals surface area contributed by atoms with E-state index in [1.54, 1.807) is 0 Å². The van der Waals surface area contributed by atoms with Gasteiger partial charge in [0.2, 0.25) is 0 Å². The lowest BCUT2D eigenvalue weighted by atomic mass is 10.1. The van der Waals surface area contributed by atoms with E-state index >= 15 is 0 Å². The summed E-state index contributed by atoms with van der Waals surface area (Å²) in [4.78, 5) is 13.1. The van der Waals surface area contributed by atoms with E-state index in [4.69, 9.17) is 5.11 Å². The molecule has 2 N–H and O–H groups in total. The summed E-state index contributed by atoms with van der Waals surface area (Å²) in [6, 6.07) is 0.648. The van der Waals surface area contributed by atoms with Crippen LogP contribution < -0.4 is 5.32 Å². The predicted molar refractivity (Wildman–Crippen MR) is 64.5 cm³/mol. The van der Waals surface area contributed by atoms with Gasteiger partial charge >= 0.3 is 5.97 Å². The van der Waals surface area contributed by atoms with Crippen LogP contribution >= 0.6 is 0 Å². The van der Waals surface area contributed by atoms with Crippen molar-refractivity contribution in [3.05, 3.63) is 0 Å². The highest BCUT2D eigenvalue weighted by Crippen LogP contribution is 2.12. The predicted octanol–water partition coefficient (Wildman–Crippen LogP) is 1.17. The zero-order valence-corrected chi connectivity index (χ0v) is 10.6. The van der Waals surface area contributed by atoms with Crippen LogP contribution in [0.1, 0.15) is 33.6 Å². The Morgan fingerprint density at radius 3 is 2.81 bits per heavy atom. The molecule has 0 aliphatic carbocycles. The fourth-order valence-electron chi connectivity index (χ4n) is 2.28. The minimum atomic E-state index is -0.712. The van der Waals surface area contributed by atoms with Gasteiger partial charge in [0.25, 0.3) is 0 Å². The number of carboxylic acids is 1. The van der Waals surface area contributed by atoms with Gasteiger partial charge in [0.05, 0.1) is 6.42 Å². The molecule has 1 aliphatic heterocycles. The second kappa shape index (κ2) is 6.21. The highest BCUT2D eigenvalue weighted by molar-refractivity contribution is 5.67. The van der Waals surface area contributed by atoms with E-state index in [1.807, 2.05) is 0 Å². The molecule has 1 saturated heterocycles. The average Bonchev–Trinajstić information content (AvgIpc) is 2.28. The fourth-order valence-corrected chi connectivity index (χ4v) is 2.28. The summed E-state index contributed by atoms with van der Waals surface area (Å²) in [6.45, 7) is 9.47. The van der Waals surface area contributed by atoms with Gasteiger partial charge in [0.1, 0.15) is 0 Å². The smallest absolute Gasteiger partial charge is 0.304 e. The molecule has 1 heterocycles. The molecule has 0 aromatic rings. The molecule has 1 rings (SSSR count). The third kappa shape index (κ3) is 4.49. The van der Waals surface area contributed by atoms with Gasteiger partial charge in [-0.15, -0.1) is 0 Å². The molecule has 0 radical (unpaired) electrons. The number of carboxylic acid groups (broad SMARTS) is 1. The monoisotopic (exact) mass is 228 g/mol. The third-order valence-corrected chi connectivity index (χ3v) is 3.09. The molecule has 0 amide bonds. The first-order valence-corrected chi connectivity index (χ1v) is 6.18. The molecule has 0 spiro atoms. The van der Waals surface area contributed by atoms with Gasteiger partial charge in [-0.3, -0.25) is 9.69 Å². The highest BCUT2D eigenvalue weighted by atomic mass is 16.4. The van der Waals surface area contributed by atoms with Crippen molar-refractivity contribution in [3.8, 4) is 0 Å². The molecule has 0 aromatic heterocycles. The van der Waals surface area contributed by atoms with Gasteiger partial charge in [-0.25, -0.2) is 0 Å². The largest absolute Gasteiger partial charge is 0.481 e. The van der Waals surface area contributed by atoms with Gasteiger partial charge in [-0.1, -0.05) is 13.8 Å². The van der Waals surface area contributed by atoms with Crippen molar-refractivity contribution in [2.24, 2.45) is 5.92 Å². The van der Waals surface area contributed by atoms with Crippen LogP contribution in [0.4, 0.5) is 0 Å². The number of hydrogen-bond donors (Lipinski definition) is 2. The molecule has 1 fully saturated rings. The molecule has 4 nitrogen and oxygen atoms in total. The van der Waals surface area contributed by atoms with E-state index in [0.717, 1.165) is 26.1 Å². The lowest BCUT2D eigenvalue weighted by Gasteiger charge is -2.30. The lowest BCUT2D eigenvalue weighted by Crippen LogP contribution is -2.42. The number of hydrogen-bond acceptors (Lipinski definition) is 3. The molecular weight excluding hydrogens is 204 g/mol. The summed E-state index contributed by atoms with van der Waals surface area (Å²) in [5, 5.41) is 12.2. The van der Waals surface area contributed by atoms with Crippen LogP contribution in [0.2, 0.25) is 0 Å². The van der Waals surface area contributed by atoms with Crippen LogP contribution in [-0.4, -0.2) is 47.7 Å². The highest BCUT2D eigenvalue weighted by Gasteiger charge is 2.24. The maximum absolute atomic E-state index is 10.7. The van der Waals surface area contributed by atoms with Crippen molar-refractivity contribution in [2.45, 2.75) is 45.7 Å². The van der Waals surface area contributed by atoms with Gasteiger partial charge in [0.15, 0.2) is 0 Å². The zero-order chi connectivity index (χ0) is 12.1. The van der Waals surface area contributed by atoms with Gasteiger partial charge in [0, 0.05) is 25.2 Å². The molecule has 94 valence electrons. The van der Waals surface area contributed by atoms with Crippen molar-refractivity contribution < 1.29 is 9.90 Å². The fraction of sp³-hybridized carbons (Fsp3) is 0.917. The van der Waals surface area contributed by atoms with Crippen molar-refractivity contribution >= 4 is 5.97 Å². The first-order chi connectivity index (χ1) is 7.49. The van der Waals surface area contributed by atoms with Crippen LogP contribution in [0.15, 0.2) is 0 Å². The number of nitrogens with zero attached hydrogens (tertiary/aromatic N) is 1. The van der Waals surface area contributed by atoms with E-state index < -0.39 is 5.97 Å². The lowest BCUT2D eigenvalue weighted by molar-refractivity contribution is -0.137. The Labute approximate surface area is 98.0 Å². The molecule has 0 aromatic carbocycles. The van der Waals surface area contributed by atoms with E-state index in [2.05, 4.69) is 31.0 Å². The summed E-state index contributed by atoms with van der Waals surface area (Å²) in [5.41, 5.74) is 0. The Morgan fingerprint density at radius 1 is 1.56 bits per heavy atom. The standard InChI is InChI=1S/C12H24N2O2/c1-9(2)7-14-8-11(6-12(15)16)13-5-4-10(14)3/h9-11,13H,4-8H2,1-3H3,(H,15,16). The Morgan fingerprint density at radius 2 is 2.25 bits per heavy atom.